The molecule has 0 aliphatic heterocycles. The first-order valence-corrected chi connectivity index (χ1v) is 9.48. The highest BCUT2D eigenvalue weighted by atomic mass is 16.5. The molecule has 3 aromatic rings. The summed E-state index contributed by atoms with van der Waals surface area (Å²) < 4.78 is 5.44. The zero-order chi connectivity index (χ0) is 21.0. The van der Waals surface area contributed by atoms with Crippen LogP contribution in [0.4, 0.5) is 5.82 Å². The van der Waals surface area contributed by atoms with E-state index in [1.807, 2.05) is 45.2 Å². The Hall–Kier alpha value is -3.35. The van der Waals surface area contributed by atoms with E-state index < -0.39 is 5.41 Å². The number of benzene rings is 1. The minimum Gasteiger partial charge on any atom is -0.496 e. The maximum atomic E-state index is 12.4. The molecule has 0 bridgehead atoms. The van der Waals surface area contributed by atoms with Gasteiger partial charge in [0.2, 0.25) is 5.91 Å². The van der Waals surface area contributed by atoms with Crippen molar-refractivity contribution in [1.82, 2.24) is 15.3 Å². The zero-order valence-electron chi connectivity index (χ0n) is 17.1. The molecule has 7 heteroatoms. The number of methoxy groups -OCH3 is 1. The van der Waals surface area contributed by atoms with Crippen LogP contribution < -0.4 is 15.4 Å². The summed E-state index contributed by atoms with van der Waals surface area (Å²) in [4.78, 5) is 31.8. The van der Waals surface area contributed by atoms with Gasteiger partial charge in [-0.1, -0.05) is 26.8 Å². The van der Waals surface area contributed by atoms with Gasteiger partial charge in [-0.3, -0.25) is 9.59 Å². The number of ether oxygens (including phenoxy) is 1. The average Bonchev–Trinajstić information content (AvgIpc) is 3.11. The number of hydrogen-bond acceptors (Lipinski definition) is 4. The first-order valence-electron chi connectivity index (χ1n) is 9.48. The summed E-state index contributed by atoms with van der Waals surface area (Å²) in [5.41, 5.74) is 2.01. The summed E-state index contributed by atoms with van der Waals surface area (Å²) in [5.74, 6) is 0.892. The number of H-pyrrole nitrogens is 1. The van der Waals surface area contributed by atoms with Gasteiger partial charge in [0.1, 0.15) is 11.6 Å². The molecule has 2 aromatic heterocycles. The molecule has 2 heterocycles. The molecule has 1 aromatic carbocycles. The lowest BCUT2D eigenvalue weighted by Crippen LogP contribution is -2.28. The summed E-state index contributed by atoms with van der Waals surface area (Å²) >= 11 is 0. The van der Waals surface area contributed by atoms with Crippen molar-refractivity contribution >= 4 is 28.5 Å². The fraction of sp³-hybridized carbons (Fsp3) is 0.318. The number of aromatic amines is 1. The highest BCUT2D eigenvalue weighted by molar-refractivity contribution is 5.96. The van der Waals surface area contributed by atoms with Crippen LogP contribution in [0.1, 0.15) is 36.7 Å². The standard InChI is InChI=1S/C22H26N4O3/c1-22(2,3)21(28)26-18-9-8-15(13-25-18)20(27)23-11-10-14-12-24-16-6-5-7-17(29-4)19(14)16/h5-9,12-13,24H,10-11H2,1-4H3,(H,23,27)(H,25,26,28). The first-order chi connectivity index (χ1) is 13.8. The van der Waals surface area contributed by atoms with Crippen molar-refractivity contribution in [2.24, 2.45) is 5.41 Å². The van der Waals surface area contributed by atoms with E-state index in [1.54, 1.807) is 19.2 Å². The van der Waals surface area contributed by atoms with E-state index in [0.29, 0.717) is 24.3 Å². The fourth-order valence-electron chi connectivity index (χ4n) is 2.91. The van der Waals surface area contributed by atoms with Gasteiger partial charge < -0.3 is 20.4 Å². The SMILES string of the molecule is COc1cccc2[nH]cc(CCNC(=O)c3ccc(NC(=O)C(C)(C)C)nc3)c12. The smallest absolute Gasteiger partial charge is 0.252 e. The van der Waals surface area contributed by atoms with Crippen LogP contribution in [0.5, 0.6) is 5.75 Å². The summed E-state index contributed by atoms with van der Waals surface area (Å²) in [6, 6.07) is 9.12. The highest BCUT2D eigenvalue weighted by Gasteiger charge is 2.21. The molecule has 152 valence electrons. The molecule has 0 aliphatic rings. The summed E-state index contributed by atoms with van der Waals surface area (Å²) in [5, 5.41) is 6.68. The maximum Gasteiger partial charge on any atom is 0.252 e. The Morgan fingerprint density at radius 2 is 1.97 bits per heavy atom. The quantitative estimate of drug-likeness (QED) is 0.596. The number of anilines is 1. The van der Waals surface area contributed by atoms with Gasteiger partial charge >= 0.3 is 0 Å². The average molecular weight is 394 g/mol. The van der Waals surface area contributed by atoms with E-state index in [4.69, 9.17) is 4.74 Å². The van der Waals surface area contributed by atoms with E-state index in [0.717, 1.165) is 22.2 Å². The third-order valence-electron chi connectivity index (χ3n) is 4.60. The van der Waals surface area contributed by atoms with E-state index in [-0.39, 0.29) is 11.8 Å². The van der Waals surface area contributed by atoms with Crippen molar-refractivity contribution in [3.63, 3.8) is 0 Å². The minimum absolute atomic E-state index is 0.128. The Bertz CT molecular complexity index is 1020. The maximum absolute atomic E-state index is 12.4. The van der Waals surface area contributed by atoms with Crippen molar-refractivity contribution in [3.8, 4) is 5.75 Å². The molecule has 0 fully saturated rings. The number of rotatable bonds is 6. The van der Waals surface area contributed by atoms with Crippen molar-refractivity contribution in [2.75, 3.05) is 19.0 Å². The van der Waals surface area contributed by atoms with Crippen molar-refractivity contribution in [1.29, 1.82) is 0 Å². The molecule has 0 unspecified atom stereocenters. The lowest BCUT2D eigenvalue weighted by molar-refractivity contribution is -0.123. The Kier molecular flexibility index (Phi) is 5.87. The Balaban J connectivity index is 1.58. The third kappa shape index (κ3) is 4.74. The number of pyridine rings is 1. The predicted octanol–water partition coefficient (Wildman–Crippen LogP) is 3.53. The van der Waals surface area contributed by atoms with Crippen LogP contribution in [0.3, 0.4) is 0 Å². The van der Waals surface area contributed by atoms with E-state index in [9.17, 15) is 9.59 Å². The molecule has 29 heavy (non-hydrogen) atoms. The fourth-order valence-corrected chi connectivity index (χ4v) is 2.91. The van der Waals surface area contributed by atoms with Crippen LogP contribution in [-0.4, -0.2) is 35.4 Å². The van der Waals surface area contributed by atoms with E-state index in [1.165, 1.54) is 6.20 Å². The molecule has 0 saturated carbocycles. The third-order valence-corrected chi connectivity index (χ3v) is 4.60. The molecule has 3 rings (SSSR count). The number of hydrogen-bond donors (Lipinski definition) is 3. The molecule has 0 aliphatic carbocycles. The molecule has 3 N–H and O–H groups in total. The van der Waals surface area contributed by atoms with Gasteiger partial charge in [-0.2, -0.15) is 0 Å². The van der Waals surface area contributed by atoms with Gasteiger partial charge in [0.05, 0.1) is 12.7 Å². The molecule has 0 atom stereocenters. The Labute approximate surface area is 169 Å². The van der Waals surface area contributed by atoms with Crippen molar-refractivity contribution in [3.05, 3.63) is 53.9 Å². The Morgan fingerprint density at radius 3 is 2.62 bits per heavy atom. The van der Waals surface area contributed by atoms with Gasteiger partial charge in [0.15, 0.2) is 0 Å². The summed E-state index contributed by atoms with van der Waals surface area (Å²) in [6.07, 6.45) is 4.06. The number of nitrogens with one attached hydrogen (secondary N) is 3. The summed E-state index contributed by atoms with van der Waals surface area (Å²) in [7, 11) is 1.65. The van der Waals surface area contributed by atoms with Gasteiger partial charge in [-0.25, -0.2) is 4.98 Å². The Morgan fingerprint density at radius 1 is 1.17 bits per heavy atom. The van der Waals surface area contributed by atoms with Crippen LogP contribution in [0, 0.1) is 5.41 Å². The van der Waals surface area contributed by atoms with Crippen LogP contribution in [0.2, 0.25) is 0 Å². The van der Waals surface area contributed by atoms with Crippen LogP contribution >= 0.6 is 0 Å². The van der Waals surface area contributed by atoms with Crippen molar-refractivity contribution < 1.29 is 14.3 Å². The van der Waals surface area contributed by atoms with Gasteiger partial charge in [0.25, 0.3) is 5.91 Å². The zero-order valence-corrected chi connectivity index (χ0v) is 17.1. The second kappa shape index (κ2) is 8.34. The topological polar surface area (TPSA) is 96.1 Å². The number of carbonyl (C=O) groups is 2. The molecular formula is C22H26N4O3. The van der Waals surface area contributed by atoms with E-state index in [2.05, 4.69) is 20.6 Å². The lowest BCUT2D eigenvalue weighted by Gasteiger charge is -2.17. The molecule has 7 nitrogen and oxygen atoms in total. The predicted molar refractivity (Wildman–Crippen MR) is 113 cm³/mol. The lowest BCUT2D eigenvalue weighted by atomic mass is 9.96. The largest absolute Gasteiger partial charge is 0.496 e. The number of fused-ring (bicyclic) bond motifs is 1. The van der Waals surface area contributed by atoms with Gasteiger partial charge in [-0.15, -0.1) is 0 Å². The van der Waals surface area contributed by atoms with E-state index >= 15 is 0 Å². The van der Waals surface area contributed by atoms with Crippen LogP contribution in [0.25, 0.3) is 10.9 Å². The molecule has 0 saturated heterocycles. The summed E-state index contributed by atoms with van der Waals surface area (Å²) in [6.45, 7) is 5.96. The highest BCUT2D eigenvalue weighted by Crippen LogP contribution is 2.28. The number of amides is 2. The number of carbonyl (C=O) groups excluding carboxylic acids is 2. The monoisotopic (exact) mass is 394 g/mol. The normalized spacial score (nSPS) is 11.3. The minimum atomic E-state index is -0.511. The second-order valence-electron chi connectivity index (χ2n) is 7.84. The van der Waals surface area contributed by atoms with Crippen LogP contribution in [0.15, 0.2) is 42.7 Å². The number of aromatic nitrogens is 2. The van der Waals surface area contributed by atoms with Crippen molar-refractivity contribution in [2.45, 2.75) is 27.2 Å². The molecule has 0 radical (unpaired) electrons. The van der Waals surface area contributed by atoms with Gasteiger partial charge in [-0.05, 0) is 36.2 Å². The second-order valence-corrected chi connectivity index (χ2v) is 7.84. The van der Waals surface area contributed by atoms with Crippen LogP contribution in [-0.2, 0) is 11.2 Å². The van der Waals surface area contributed by atoms with Gasteiger partial charge in [0, 0.05) is 35.3 Å². The molecule has 2 amide bonds. The molecule has 0 spiro atoms. The molecular weight excluding hydrogens is 368 g/mol. The number of nitrogens with zero attached hydrogens (tertiary/aromatic N) is 1. The first kappa shape index (κ1) is 20.4.